The number of halogens is 1. The molecule has 1 nitrogen and oxygen atoms in total. The predicted molar refractivity (Wildman–Crippen MR) is 96.7 cm³/mol. The highest BCUT2D eigenvalue weighted by molar-refractivity contribution is 9.09. The fourth-order valence-corrected chi connectivity index (χ4v) is 3.17. The van der Waals surface area contributed by atoms with Crippen LogP contribution in [0.15, 0.2) is 0 Å². The highest BCUT2D eigenvalue weighted by Crippen LogP contribution is 2.11. The van der Waals surface area contributed by atoms with Crippen molar-refractivity contribution in [3.8, 4) is 0 Å². The summed E-state index contributed by atoms with van der Waals surface area (Å²) < 4.78 is 1.23. The Balaban J connectivity index is 3.35. The van der Waals surface area contributed by atoms with Crippen LogP contribution in [0.4, 0.5) is 0 Å². The van der Waals surface area contributed by atoms with E-state index in [1.165, 1.54) is 100.0 Å². The predicted octanol–water partition coefficient (Wildman–Crippen LogP) is 6.16. The standard InChI is InChI=1S/C18H39BrN/c1-4-5-6-7-11-14-17-20(2,3)18-15-12-9-8-10-13-16-19/h4-18H2,1-3H3/q+1. The average Bonchev–Trinajstić information content (AvgIpc) is 2.41. The van der Waals surface area contributed by atoms with Gasteiger partial charge in [-0.05, 0) is 32.1 Å². The van der Waals surface area contributed by atoms with Crippen molar-refractivity contribution >= 4 is 15.9 Å². The monoisotopic (exact) mass is 348 g/mol. The molecule has 0 aromatic carbocycles. The Labute approximate surface area is 137 Å². The van der Waals surface area contributed by atoms with Gasteiger partial charge in [0.1, 0.15) is 0 Å². The van der Waals surface area contributed by atoms with Gasteiger partial charge < -0.3 is 4.48 Å². The van der Waals surface area contributed by atoms with Crippen molar-refractivity contribution in [1.82, 2.24) is 0 Å². The molecular formula is C18H39BrN+. The molecule has 0 saturated heterocycles. The van der Waals surface area contributed by atoms with Crippen molar-refractivity contribution in [1.29, 1.82) is 0 Å². The number of nitrogens with zero attached hydrogens (tertiary/aromatic N) is 1. The maximum absolute atomic E-state index is 3.50. The first-order valence-corrected chi connectivity index (χ1v) is 10.1. The van der Waals surface area contributed by atoms with E-state index in [1.54, 1.807) is 0 Å². The van der Waals surface area contributed by atoms with Gasteiger partial charge in [0.05, 0.1) is 27.2 Å². The maximum Gasteiger partial charge on any atom is 0.0782 e. The molecule has 0 aromatic heterocycles. The molecule has 0 fully saturated rings. The molecule has 0 bridgehead atoms. The molecule has 0 aliphatic heterocycles. The molecule has 122 valence electrons. The lowest BCUT2D eigenvalue weighted by molar-refractivity contribution is -0.890. The van der Waals surface area contributed by atoms with Crippen LogP contribution >= 0.6 is 15.9 Å². The largest absolute Gasteiger partial charge is 0.328 e. The minimum Gasteiger partial charge on any atom is -0.328 e. The molecule has 0 rings (SSSR count). The van der Waals surface area contributed by atoms with Gasteiger partial charge in [-0.1, -0.05) is 67.8 Å². The third-order valence-electron chi connectivity index (χ3n) is 4.26. The van der Waals surface area contributed by atoms with Gasteiger partial charge in [-0.25, -0.2) is 0 Å². The molecule has 20 heavy (non-hydrogen) atoms. The lowest BCUT2D eigenvalue weighted by Crippen LogP contribution is -2.41. The van der Waals surface area contributed by atoms with E-state index in [2.05, 4.69) is 36.9 Å². The minimum atomic E-state index is 1.18. The van der Waals surface area contributed by atoms with E-state index in [0.717, 1.165) is 0 Å². The number of rotatable bonds is 15. The third kappa shape index (κ3) is 14.8. The zero-order valence-electron chi connectivity index (χ0n) is 14.4. The quantitative estimate of drug-likeness (QED) is 0.189. The highest BCUT2D eigenvalue weighted by Gasteiger charge is 2.13. The molecule has 0 spiro atoms. The lowest BCUT2D eigenvalue weighted by atomic mass is 10.1. The summed E-state index contributed by atoms with van der Waals surface area (Å²) in [7, 11) is 4.83. The van der Waals surface area contributed by atoms with E-state index in [0.29, 0.717) is 0 Å². The summed E-state index contributed by atoms with van der Waals surface area (Å²) in [6, 6.07) is 0. The zero-order valence-corrected chi connectivity index (χ0v) is 16.0. The molecule has 0 amide bonds. The molecule has 0 aliphatic carbocycles. The van der Waals surface area contributed by atoms with Gasteiger partial charge in [0.25, 0.3) is 0 Å². The topological polar surface area (TPSA) is 0 Å². The van der Waals surface area contributed by atoms with Crippen LogP contribution in [-0.2, 0) is 0 Å². The molecule has 0 aliphatic rings. The van der Waals surface area contributed by atoms with Gasteiger partial charge in [-0.3, -0.25) is 0 Å². The van der Waals surface area contributed by atoms with Crippen molar-refractivity contribution < 1.29 is 4.48 Å². The fraction of sp³-hybridized carbons (Fsp3) is 1.00. The highest BCUT2D eigenvalue weighted by atomic mass is 79.9. The summed E-state index contributed by atoms with van der Waals surface area (Å²) in [6.07, 6.45) is 17.0. The maximum atomic E-state index is 3.50. The second-order valence-corrected chi connectivity index (χ2v) is 7.75. The third-order valence-corrected chi connectivity index (χ3v) is 4.82. The summed E-state index contributed by atoms with van der Waals surface area (Å²) in [4.78, 5) is 0. The summed E-state index contributed by atoms with van der Waals surface area (Å²) in [6.45, 7) is 5.03. The fourth-order valence-electron chi connectivity index (χ4n) is 2.77. The Kier molecular flexibility index (Phi) is 14.7. The molecule has 2 heteroatoms. The van der Waals surface area contributed by atoms with Gasteiger partial charge in [-0.15, -0.1) is 0 Å². The SMILES string of the molecule is CCCCCCCC[N+](C)(C)CCCCCCCCBr. The second kappa shape index (κ2) is 14.4. The van der Waals surface area contributed by atoms with E-state index < -0.39 is 0 Å². The van der Waals surface area contributed by atoms with Crippen LogP contribution in [0.5, 0.6) is 0 Å². The van der Waals surface area contributed by atoms with Crippen molar-refractivity contribution in [2.75, 3.05) is 32.5 Å². The minimum absolute atomic E-state index is 1.18. The average molecular weight is 349 g/mol. The van der Waals surface area contributed by atoms with Gasteiger partial charge in [0.2, 0.25) is 0 Å². The van der Waals surface area contributed by atoms with E-state index in [4.69, 9.17) is 0 Å². The van der Waals surface area contributed by atoms with Gasteiger partial charge in [0, 0.05) is 5.33 Å². The van der Waals surface area contributed by atoms with Crippen molar-refractivity contribution in [3.63, 3.8) is 0 Å². The van der Waals surface area contributed by atoms with Crippen LogP contribution < -0.4 is 0 Å². The molecule has 0 aromatic rings. The summed E-state index contributed by atoms with van der Waals surface area (Å²) in [5, 5.41) is 1.18. The first-order chi connectivity index (χ1) is 9.62. The van der Waals surface area contributed by atoms with Crippen molar-refractivity contribution in [3.05, 3.63) is 0 Å². The number of unbranched alkanes of at least 4 members (excludes halogenated alkanes) is 10. The smallest absolute Gasteiger partial charge is 0.0782 e. The Bertz CT molecular complexity index is 192. The molecule has 0 N–H and O–H groups in total. The molecule has 0 heterocycles. The van der Waals surface area contributed by atoms with Crippen LogP contribution in [0.25, 0.3) is 0 Å². The lowest BCUT2D eigenvalue weighted by Gasteiger charge is -2.30. The van der Waals surface area contributed by atoms with E-state index >= 15 is 0 Å². The summed E-state index contributed by atoms with van der Waals surface area (Å²) >= 11 is 3.50. The van der Waals surface area contributed by atoms with Crippen LogP contribution in [0.3, 0.4) is 0 Å². The number of quaternary nitrogens is 1. The molecular weight excluding hydrogens is 310 g/mol. The van der Waals surface area contributed by atoms with Gasteiger partial charge in [-0.2, -0.15) is 0 Å². The second-order valence-electron chi connectivity index (χ2n) is 6.96. The summed E-state index contributed by atoms with van der Waals surface area (Å²) in [5.74, 6) is 0. The van der Waals surface area contributed by atoms with E-state index in [1.807, 2.05) is 0 Å². The Morgan fingerprint density at radius 1 is 0.600 bits per heavy atom. The summed E-state index contributed by atoms with van der Waals surface area (Å²) in [5.41, 5.74) is 0. The van der Waals surface area contributed by atoms with E-state index in [9.17, 15) is 0 Å². The Hall–Kier alpha value is 0.440. The van der Waals surface area contributed by atoms with Crippen LogP contribution in [0.1, 0.15) is 84.0 Å². The first kappa shape index (κ1) is 20.4. The van der Waals surface area contributed by atoms with Crippen LogP contribution in [0, 0.1) is 0 Å². The van der Waals surface area contributed by atoms with Gasteiger partial charge >= 0.3 is 0 Å². The molecule has 0 saturated carbocycles. The number of hydrogen-bond donors (Lipinski definition) is 0. The van der Waals surface area contributed by atoms with E-state index in [-0.39, 0.29) is 0 Å². The van der Waals surface area contributed by atoms with Gasteiger partial charge in [0.15, 0.2) is 0 Å². The number of alkyl halides is 1. The van der Waals surface area contributed by atoms with Crippen molar-refractivity contribution in [2.45, 2.75) is 84.0 Å². The molecule has 0 radical (unpaired) electrons. The molecule has 0 unspecified atom stereocenters. The molecule has 0 atom stereocenters. The van der Waals surface area contributed by atoms with Crippen LogP contribution in [0.2, 0.25) is 0 Å². The first-order valence-electron chi connectivity index (χ1n) is 9.00. The van der Waals surface area contributed by atoms with Crippen molar-refractivity contribution in [2.24, 2.45) is 0 Å². The Morgan fingerprint density at radius 3 is 1.45 bits per heavy atom. The number of hydrogen-bond acceptors (Lipinski definition) is 0. The Morgan fingerprint density at radius 2 is 1.00 bits per heavy atom. The zero-order chi connectivity index (χ0) is 15.1. The normalized spacial score (nSPS) is 12.0. The van der Waals surface area contributed by atoms with Crippen LogP contribution in [-0.4, -0.2) is 37.0 Å².